The van der Waals surface area contributed by atoms with Crippen molar-refractivity contribution in [2.45, 2.75) is 44.6 Å². The lowest BCUT2D eigenvalue weighted by Gasteiger charge is -2.31. The van der Waals surface area contributed by atoms with Crippen LogP contribution in [0.25, 0.3) is 0 Å². The Balaban J connectivity index is 1.99. The molecule has 6 heteroatoms. The predicted octanol–water partition coefficient (Wildman–Crippen LogP) is 2.11. The van der Waals surface area contributed by atoms with E-state index < -0.39 is 5.54 Å². The second-order valence-electron chi connectivity index (χ2n) is 6.21. The summed E-state index contributed by atoms with van der Waals surface area (Å²) in [5, 5.41) is 18.0. The van der Waals surface area contributed by atoms with Crippen LogP contribution in [0.1, 0.15) is 48.0 Å². The molecule has 0 bridgehead atoms. The van der Waals surface area contributed by atoms with Crippen molar-refractivity contribution in [3.8, 4) is 6.07 Å². The van der Waals surface area contributed by atoms with Crippen molar-refractivity contribution >= 4 is 17.5 Å². The van der Waals surface area contributed by atoms with Gasteiger partial charge in [0.25, 0.3) is 5.91 Å². The van der Waals surface area contributed by atoms with Crippen molar-refractivity contribution < 1.29 is 9.59 Å². The third-order valence-electron chi connectivity index (χ3n) is 4.54. The average Bonchev–Trinajstić information content (AvgIpc) is 2.61. The lowest BCUT2D eigenvalue weighted by Crippen LogP contribution is -2.50. The molecule has 0 unspecified atom stereocenters. The Morgan fingerprint density at radius 2 is 1.96 bits per heavy atom. The molecule has 0 heterocycles. The molecule has 24 heavy (non-hydrogen) atoms. The summed E-state index contributed by atoms with van der Waals surface area (Å²) < 4.78 is 0. The van der Waals surface area contributed by atoms with Crippen LogP contribution in [0.2, 0.25) is 0 Å². The third-order valence-corrected chi connectivity index (χ3v) is 4.54. The van der Waals surface area contributed by atoms with Crippen LogP contribution in [-0.4, -0.2) is 30.9 Å². The molecule has 1 aromatic rings. The highest BCUT2D eigenvalue weighted by Crippen LogP contribution is 2.27. The molecule has 1 saturated carbocycles. The van der Waals surface area contributed by atoms with E-state index in [9.17, 15) is 14.9 Å². The molecule has 6 nitrogen and oxygen atoms in total. The van der Waals surface area contributed by atoms with E-state index in [4.69, 9.17) is 0 Å². The molecular formula is C18H24N4O2. The standard InChI is InChI=1S/C18H24N4O2/c1-13-14(17(24)20-2)7-6-8-15(13)21-11-16(23)22-18(12-19)9-4-3-5-10-18/h6-8,21H,3-5,9-11H2,1-2H3,(H,20,24)(H,22,23). The molecule has 0 aromatic heterocycles. The van der Waals surface area contributed by atoms with Gasteiger partial charge in [0.15, 0.2) is 0 Å². The Labute approximate surface area is 142 Å². The highest BCUT2D eigenvalue weighted by Gasteiger charge is 2.33. The number of rotatable bonds is 5. The Bertz CT molecular complexity index is 657. The van der Waals surface area contributed by atoms with Gasteiger partial charge in [-0.1, -0.05) is 25.3 Å². The van der Waals surface area contributed by atoms with Gasteiger partial charge in [-0.3, -0.25) is 9.59 Å². The van der Waals surface area contributed by atoms with Gasteiger partial charge in [0, 0.05) is 18.3 Å². The number of carbonyl (C=O) groups excluding carboxylic acids is 2. The van der Waals surface area contributed by atoms with Crippen molar-refractivity contribution in [3.63, 3.8) is 0 Å². The molecule has 0 spiro atoms. The van der Waals surface area contributed by atoms with Gasteiger partial charge in [-0.05, 0) is 37.5 Å². The predicted molar refractivity (Wildman–Crippen MR) is 92.6 cm³/mol. The summed E-state index contributed by atoms with van der Waals surface area (Å²) in [6.07, 6.45) is 4.47. The van der Waals surface area contributed by atoms with Crippen LogP contribution < -0.4 is 16.0 Å². The van der Waals surface area contributed by atoms with Crippen LogP contribution in [-0.2, 0) is 4.79 Å². The van der Waals surface area contributed by atoms with Gasteiger partial charge in [-0.2, -0.15) is 5.26 Å². The summed E-state index contributed by atoms with van der Waals surface area (Å²) in [6, 6.07) is 7.62. The molecule has 0 atom stereocenters. The fourth-order valence-corrected chi connectivity index (χ4v) is 3.11. The number of benzene rings is 1. The summed E-state index contributed by atoms with van der Waals surface area (Å²) in [7, 11) is 1.58. The van der Waals surface area contributed by atoms with Crippen LogP contribution in [0, 0.1) is 18.3 Å². The largest absolute Gasteiger partial charge is 0.376 e. The van der Waals surface area contributed by atoms with Crippen molar-refractivity contribution in [3.05, 3.63) is 29.3 Å². The number of hydrogen-bond acceptors (Lipinski definition) is 4. The molecule has 0 aliphatic heterocycles. The van der Waals surface area contributed by atoms with E-state index in [2.05, 4.69) is 22.0 Å². The average molecular weight is 328 g/mol. The molecule has 2 rings (SSSR count). The first kappa shape index (κ1) is 17.8. The minimum Gasteiger partial charge on any atom is -0.376 e. The number of anilines is 1. The van der Waals surface area contributed by atoms with Gasteiger partial charge in [0.1, 0.15) is 5.54 Å². The van der Waals surface area contributed by atoms with Gasteiger partial charge in [-0.25, -0.2) is 0 Å². The van der Waals surface area contributed by atoms with E-state index in [0.717, 1.165) is 30.5 Å². The number of carbonyl (C=O) groups is 2. The van der Waals surface area contributed by atoms with Crippen LogP contribution in [0.4, 0.5) is 5.69 Å². The number of hydrogen-bond donors (Lipinski definition) is 3. The van der Waals surface area contributed by atoms with Gasteiger partial charge in [-0.15, -0.1) is 0 Å². The molecule has 1 aromatic carbocycles. The minimum absolute atomic E-state index is 0.0709. The highest BCUT2D eigenvalue weighted by molar-refractivity contribution is 5.97. The van der Waals surface area contributed by atoms with E-state index in [1.54, 1.807) is 19.2 Å². The molecule has 1 fully saturated rings. The highest BCUT2D eigenvalue weighted by atomic mass is 16.2. The third kappa shape index (κ3) is 4.05. The molecule has 2 amide bonds. The molecule has 1 aliphatic rings. The maximum Gasteiger partial charge on any atom is 0.251 e. The monoisotopic (exact) mass is 328 g/mol. The zero-order chi connectivity index (χ0) is 17.6. The number of nitriles is 1. The Kier molecular flexibility index (Phi) is 5.80. The number of nitrogens with one attached hydrogen (secondary N) is 3. The molecule has 3 N–H and O–H groups in total. The molecule has 0 radical (unpaired) electrons. The normalized spacial score (nSPS) is 15.9. The molecule has 0 saturated heterocycles. The van der Waals surface area contributed by atoms with E-state index in [-0.39, 0.29) is 18.4 Å². The van der Waals surface area contributed by atoms with E-state index >= 15 is 0 Å². The van der Waals surface area contributed by atoms with Gasteiger partial charge in [0.05, 0.1) is 12.6 Å². The second-order valence-corrected chi connectivity index (χ2v) is 6.21. The number of nitrogens with zero attached hydrogens (tertiary/aromatic N) is 1. The Morgan fingerprint density at radius 1 is 1.25 bits per heavy atom. The minimum atomic E-state index is -0.726. The Morgan fingerprint density at radius 3 is 2.58 bits per heavy atom. The first-order valence-electron chi connectivity index (χ1n) is 8.29. The van der Waals surface area contributed by atoms with E-state index in [1.807, 2.05) is 13.0 Å². The van der Waals surface area contributed by atoms with Gasteiger partial charge < -0.3 is 16.0 Å². The van der Waals surface area contributed by atoms with Crippen molar-refractivity contribution in [1.82, 2.24) is 10.6 Å². The lowest BCUT2D eigenvalue weighted by molar-refractivity contribution is -0.121. The summed E-state index contributed by atoms with van der Waals surface area (Å²) >= 11 is 0. The fourth-order valence-electron chi connectivity index (χ4n) is 3.11. The summed E-state index contributed by atoms with van der Waals surface area (Å²) in [5.74, 6) is -0.366. The molecule has 1 aliphatic carbocycles. The van der Waals surface area contributed by atoms with Crippen molar-refractivity contribution in [2.75, 3.05) is 18.9 Å². The zero-order valence-electron chi connectivity index (χ0n) is 14.2. The van der Waals surface area contributed by atoms with Crippen LogP contribution in [0.5, 0.6) is 0 Å². The van der Waals surface area contributed by atoms with Gasteiger partial charge in [0.2, 0.25) is 5.91 Å². The summed E-state index contributed by atoms with van der Waals surface area (Å²) in [6.45, 7) is 1.91. The second kappa shape index (κ2) is 7.82. The first-order chi connectivity index (χ1) is 11.5. The Hall–Kier alpha value is -2.55. The number of amides is 2. The van der Waals surface area contributed by atoms with Crippen LogP contribution in [0.15, 0.2) is 18.2 Å². The van der Waals surface area contributed by atoms with Gasteiger partial charge >= 0.3 is 0 Å². The lowest BCUT2D eigenvalue weighted by atomic mass is 9.83. The van der Waals surface area contributed by atoms with E-state index in [0.29, 0.717) is 18.4 Å². The maximum atomic E-state index is 12.2. The van der Waals surface area contributed by atoms with Crippen molar-refractivity contribution in [2.24, 2.45) is 0 Å². The molecule has 128 valence electrons. The first-order valence-corrected chi connectivity index (χ1v) is 8.29. The smallest absolute Gasteiger partial charge is 0.251 e. The maximum absolute atomic E-state index is 12.2. The summed E-state index contributed by atoms with van der Waals surface area (Å²) in [5.41, 5.74) is 1.37. The SMILES string of the molecule is CNC(=O)c1cccc(NCC(=O)NC2(C#N)CCCCC2)c1C. The zero-order valence-corrected chi connectivity index (χ0v) is 14.2. The molecular weight excluding hydrogens is 304 g/mol. The van der Waals surface area contributed by atoms with E-state index in [1.165, 1.54) is 0 Å². The topological polar surface area (TPSA) is 94.0 Å². The van der Waals surface area contributed by atoms with Crippen molar-refractivity contribution in [1.29, 1.82) is 5.26 Å². The fraction of sp³-hybridized carbons (Fsp3) is 0.500. The van der Waals surface area contributed by atoms with Crippen LogP contribution >= 0.6 is 0 Å². The quantitative estimate of drug-likeness (QED) is 0.771. The van der Waals surface area contributed by atoms with Crippen LogP contribution in [0.3, 0.4) is 0 Å². The summed E-state index contributed by atoms with van der Waals surface area (Å²) in [4.78, 5) is 24.0.